The van der Waals surface area contributed by atoms with Crippen LogP contribution in [0.15, 0.2) is 10.7 Å². The number of nitrogens with two attached hydrogens (primary N) is 1. The number of aromatic nitrogens is 1. The topological polar surface area (TPSA) is 128 Å². The molecule has 0 aromatic carbocycles. The lowest BCUT2D eigenvalue weighted by molar-refractivity contribution is -0.125. The molecule has 1 heterocycles. The number of esters is 1. The molecule has 0 fully saturated rings. The van der Waals surface area contributed by atoms with Gasteiger partial charge in [-0.05, 0) is 6.92 Å². The van der Waals surface area contributed by atoms with Crippen molar-refractivity contribution in [1.29, 1.82) is 0 Å². The van der Waals surface area contributed by atoms with Crippen LogP contribution in [-0.2, 0) is 9.53 Å². The first kappa shape index (κ1) is 13.0. The van der Waals surface area contributed by atoms with Gasteiger partial charge in [-0.15, -0.1) is 0 Å². The third-order valence-electron chi connectivity index (χ3n) is 1.76. The average molecular weight is 243 g/mol. The SMILES string of the molecule is CCOC(=O)c1coc(NCC(O)C(N)=O)n1. The molecular formula is C9H13N3O5. The number of primary amides is 1. The molecule has 94 valence electrons. The summed E-state index contributed by atoms with van der Waals surface area (Å²) in [7, 11) is 0. The lowest BCUT2D eigenvalue weighted by atomic mass is 10.3. The summed E-state index contributed by atoms with van der Waals surface area (Å²) in [4.78, 5) is 25.5. The van der Waals surface area contributed by atoms with Crippen molar-refractivity contribution in [2.75, 3.05) is 18.5 Å². The predicted molar refractivity (Wildman–Crippen MR) is 56.2 cm³/mol. The van der Waals surface area contributed by atoms with Crippen LogP contribution in [-0.4, -0.2) is 41.2 Å². The first-order chi connectivity index (χ1) is 8.04. The first-order valence-electron chi connectivity index (χ1n) is 4.88. The summed E-state index contributed by atoms with van der Waals surface area (Å²) in [5.74, 6) is -1.48. The molecule has 0 aliphatic rings. The maximum absolute atomic E-state index is 11.2. The minimum Gasteiger partial charge on any atom is -0.461 e. The number of nitrogens with zero attached hydrogens (tertiary/aromatic N) is 1. The quantitative estimate of drug-likeness (QED) is 0.553. The lowest BCUT2D eigenvalue weighted by Crippen LogP contribution is -2.34. The smallest absolute Gasteiger partial charge is 0.360 e. The van der Waals surface area contributed by atoms with E-state index in [1.165, 1.54) is 0 Å². The number of ether oxygens (including phenoxy) is 1. The van der Waals surface area contributed by atoms with Gasteiger partial charge in [-0.1, -0.05) is 0 Å². The fourth-order valence-electron chi connectivity index (χ4n) is 0.938. The van der Waals surface area contributed by atoms with Crippen molar-refractivity contribution < 1.29 is 23.8 Å². The average Bonchev–Trinajstić information content (AvgIpc) is 2.74. The predicted octanol–water partition coefficient (Wildman–Crippen LogP) is -0.891. The van der Waals surface area contributed by atoms with Crippen molar-refractivity contribution in [1.82, 2.24) is 4.98 Å². The summed E-state index contributed by atoms with van der Waals surface area (Å²) in [5, 5.41) is 11.6. The maximum Gasteiger partial charge on any atom is 0.360 e. The van der Waals surface area contributed by atoms with E-state index < -0.39 is 18.0 Å². The van der Waals surface area contributed by atoms with E-state index in [9.17, 15) is 9.59 Å². The molecule has 0 bridgehead atoms. The lowest BCUT2D eigenvalue weighted by Gasteiger charge is -2.05. The van der Waals surface area contributed by atoms with Crippen LogP contribution in [0.25, 0.3) is 0 Å². The van der Waals surface area contributed by atoms with Gasteiger partial charge in [0.15, 0.2) is 5.69 Å². The van der Waals surface area contributed by atoms with Crippen LogP contribution in [0, 0.1) is 0 Å². The Kier molecular flexibility index (Phi) is 4.46. The Morgan fingerprint density at radius 3 is 3.00 bits per heavy atom. The zero-order valence-corrected chi connectivity index (χ0v) is 9.17. The molecule has 1 unspecified atom stereocenters. The standard InChI is InChI=1S/C9H13N3O5/c1-2-16-8(15)5-4-17-9(12-5)11-3-6(13)7(10)14/h4,6,13H,2-3H2,1H3,(H2,10,14)(H,11,12). The second-order valence-corrected chi connectivity index (χ2v) is 3.06. The van der Waals surface area contributed by atoms with Crippen molar-refractivity contribution in [3.05, 3.63) is 12.0 Å². The highest BCUT2D eigenvalue weighted by atomic mass is 16.5. The summed E-state index contributed by atoms with van der Waals surface area (Å²) in [6.07, 6.45) is -0.246. The van der Waals surface area contributed by atoms with E-state index in [1.54, 1.807) is 6.92 Å². The minimum atomic E-state index is -1.35. The van der Waals surface area contributed by atoms with Gasteiger partial charge < -0.3 is 25.3 Å². The Balaban J connectivity index is 2.51. The molecule has 1 amide bonds. The fraction of sp³-hybridized carbons (Fsp3) is 0.444. The number of oxazole rings is 1. The van der Waals surface area contributed by atoms with Crippen molar-refractivity contribution in [2.45, 2.75) is 13.0 Å². The highest BCUT2D eigenvalue weighted by Crippen LogP contribution is 2.08. The number of aliphatic hydroxyl groups is 1. The van der Waals surface area contributed by atoms with Crippen LogP contribution in [0.4, 0.5) is 6.01 Å². The van der Waals surface area contributed by atoms with Gasteiger partial charge in [0.05, 0.1) is 13.2 Å². The Labute approximate surface area is 96.8 Å². The van der Waals surface area contributed by atoms with Gasteiger partial charge in [0, 0.05) is 0 Å². The van der Waals surface area contributed by atoms with Gasteiger partial charge in [-0.2, -0.15) is 4.98 Å². The molecule has 8 heteroatoms. The van der Waals surface area contributed by atoms with E-state index in [0.29, 0.717) is 0 Å². The van der Waals surface area contributed by atoms with E-state index in [4.69, 9.17) is 20.0 Å². The van der Waals surface area contributed by atoms with Crippen LogP contribution >= 0.6 is 0 Å². The number of hydrogen-bond acceptors (Lipinski definition) is 7. The highest BCUT2D eigenvalue weighted by molar-refractivity contribution is 5.87. The second kappa shape index (κ2) is 5.85. The van der Waals surface area contributed by atoms with Crippen molar-refractivity contribution in [3.63, 3.8) is 0 Å². The van der Waals surface area contributed by atoms with E-state index in [2.05, 4.69) is 10.3 Å². The molecule has 0 saturated heterocycles. The number of anilines is 1. The van der Waals surface area contributed by atoms with E-state index in [-0.39, 0.29) is 24.9 Å². The van der Waals surface area contributed by atoms with Gasteiger partial charge in [-0.3, -0.25) is 4.79 Å². The molecule has 0 saturated carbocycles. The third kappa shape index (κ3) is 3.76. The molecule has 1 rings (SSSR count). The van der Waals surface area contributed by atoms with Crippen LogP contribution in [0.3, 0.4) is 0 Å². The number of carbonyl (C=O) groups is 2. The summed E-state index contributed by atoms with van der Waals surface area (Å²) in [6.45, 7) is 1.74. The Hall–Kier alpha value is -2.09. The van der Waals surface area contributed by atoms with Crippen molar-refractivity contribution in [2.24, 2.45) is 5.73 Å². The maximum atomic E-state index is 11.2. The van der Waals surface area contributed by atoms with E-state index >= 15 is 0 Å². The van der Waals surface area contributed by atoms with Crippen molar-refractivity contribution in [3.8, 4) is 0 Å². The molecule has 4 N–H and O–H groups in total. The summed E-state index contributed by atoms with van der Waals surface area (Å²) < 4.78 is 9.57. The van der Waals surface area contributed by atoms with Gasteiger partial charge >= 0.3 is 5.97 Å². The molecule has 0 aliphatic carbocycles. The largest absolute Gasteiger partial charge is 0.461 e. The Morgan fingerprint density at radius 2 is 2.41 bits per heavy atom. The molecule has 0 aliphatic heterocycles. The van der Waals surface area contributed by atoms with Crippen LogP contribution in [0.2, 0.25) is 0 Å². The molecular weight excluding hydrogens is 230 g/mol. The molecule has 0 radical (unpaired) electrons. The normalized spacial score (nSPS) is 11.9. The van der Waals surface area contributed by atoms with Gasteiger partial charge in [0.2, 0.25) is 5.91 Å². The fourth-order valence-corrected chi connectivity index (χ4v) is 0.938. The molecule has 8 nitrogen and oxygen atoms in total. The van der Waals surface area contributed by atoms with Crippen molar-refractivity contribution >= 4 is 17.9 Å². The van der Waals surface area contributed by atoms with E-state index in [0.717, 1.165) is 6.26 Å². The summed E-state index contributed by atoms with van der Waals surface area (Å²) in [5.41, 5.74) is 4.84. The van der Waals surface area contributed by atoms with E-state index in [1.807, 2.05) is 0 Å². The van der Waals surface area contributed by atoms with Gasteiger partial charge in [0.25, 0.3) is 6.01 Å². The number of carbonyl (C=O) groups excluding carboxylic acids is 2. The molecule has 1 aromatic heterocycles. The zero-order valence-electron chi connectivity index (χ0n) is 9.17. The number of aliphatic hydroxyl groups excluding tert-OH is 1. The van der Waals surface area contributed by atoms with Crippen LogP contribution < -0.4 is 11.1 Å². The summed E-state index contributed by atoms with van der Waals surface area (Å²) >= 11 is 0. The van der Waals surface area contributed by atoms with Gasteiger partial charge in [0.1, 0.15) is 12.4 Å². The summed E-state index contributed by atoms with van der Waals surface area (Å²) in [6, 6.07) is -0.00615. The third-order valence-corrected chi connectivity index (χ3v) is 1.76. The van der Waals surface area contributed by atoms with Gasteiger partial charge in [-0.25, -0.2) is 4.79 Å². The monoisotopic (exact) mass is 243 g/mol. The first-order valence-corrected chi connectivity index (χ1v) is 4.88. The highest BCUT2D eigenvalue weighted by Gasteiger charge is 2.15. The molecule has 1 aromatic rings. The number of nitrogens with one attached hydrogen (secondary N) is 1. The second-order valence-electron chi connectivity index (χ2n) is 3.06. The Bertz CT molecular complexity index is 403. The molecule has 1 atom stereocenters. The number of amides is 1. The molecule has 17 heavy (non-hydrogen) atoms. The zero-order chi connectivity index (χ0) is 12.8. The minimum absolute atomic E-state index is 0.00270. The molecule has 0 spiro atoms. The van der Waals surface area contributed by atoms with Crippen LogP contribution in [0.5, 0.6) is 0 Å². The number of rotatable bonds is 6. The Morgan fingerprint density at radius 1 is 1.71 bits per heavy atom. The van der Waals surface area contributed by atoms with Crippen LogP contribution in [0.1, 0.15) is 17.4 Å². The number of hydrogen-bond donors (Lipinski definition) is 3.